The number of fused-ring (bicyclic) bond motifs is 1. The van der Waals surface area contributed by atoms with Crippen molar-refractivity contribution >= 4 is 23.8 Å². The van der Waals surface area contributed by atoms with E-state index in [1.54, 1.807) is 0 Å². The Kier molecular flexibility index (Phi) is 7.20. The van der Waals surface area contributed by atoms with Crippen molar-refractivity contribution in [2.24, 2.45) is 11.0 Å². The van der Waals surface area contributed by atoms with Crippen LogP contribution in [-0.4, -0.2) is 43.3 Å². The lowest BCUT2D eigenvalue weighted by atomic mass is 9.82. The Labute approximate surface area is 189 Å². The van der Waals surface area contributed by atoms with Crippen LogP contribution in [0.3, 0.4) is 0 Å². The molecule has 2 aromatic rings. The maximum absolute atomic E-state index is 12.7. The molecular formula is C26H31N3O3. The van der Waals surface area contributed by atoms with Crippen molar-refractivity contribution in [3.8, 4) is 0 Å². The molecule has 168 valence electrons. The average Bonchev–Trinajstić information content (AvgIpc) is 2.83. The summed E-state index contributed by atoms with van der Waals surface area (Å²) in [5.41, 5.74) is 4.91. The summed E-state index contributed by atoms with van der Waals surface area (Å²) < 4.78 is 4.80. The van der Waals surface area contributed by atoms with E-state index >= 15 is 0 Å². The molecule has 1 unspecified atom stereocenters. The van der Waals surface area contributed by atoms with Crippen molar-refractivity contribution in [3.63, 3.8) is 0 Å². The zero-order chi connectivity index (χ0) is 22.3. The molecule has 6 heteroatoms. The number of nitrogens with zero attached hydrogens (tertiary/aromatic N) is 2. The van der Waals surface area contributed by atoms with E-state index in [1.165, 1.54) is 37.5 Å². The molecule has 1 fully saturated rings. The lowest BCUT2D eigenvalue weighted by molar-refractivity contribution is -0.141. The Morgan fingerprint density at radius 2 is 1.88 bits per heavy atom. The third-order valence-corrected chi connectivity index (χ3v) is 6.35. The SMILES string of the molecule is COC(=O)CC1CCc2cc(NC(=O)c3ccc(/C=N/N4CCCCC4)cc3)ccc2C1. The van der Waals surface area contributed by atoms with Gasteiger partial charge in [0, 0.05) is 30.8 Å². The Balaban J connectivity index is 1.34. The number of methoxy groups -OCH3 is 1. The molecule has 0 aromatic heterocycles. The monoisotopic (exact) mass is 433 g/mol. The highest BCUT2D eigenvalue weighted by molar-refractivity contribution is 6.04. The zero-order valence-corrected chi connectivity index (χ0v) is 18.7. The second-order valence-electron chi connectivity index (χ2n) is 8.71. The first-order chi connectivity index (χ1) is 15.6. The van der Waals surface area contributed by atoms with E-state index in [9.17, 15) is 9.59 Å². The van der Waals surface area contributed by atoms with Crippen molar-refractivity contribution in [2.45, 2.75) is 44.9 Å². The van der Waals surface area contributed by atoms with Crippen LogP contribution in [0.15, 0.2) is 47.6 Å². The summed E-state index contributed by atoms with van der Waals surface area (Å²) in [6.45, 7) is 2.04. The van der Waals surface area contributed by atoms with E-state index in [0.29, 0.717) is 17.9 Å². The smallest absolute Gasteiger partial charge is 0.305 e. The highest BCUT2D eigenvalue weighted by Crippen LogP contribution is 2.30. The molecule has 2 aliphatic rings. The fraction of sp³-hybridized carbons (Fsp3) is 0.423. The van der Waals surface area contributed by atoms with Gasteiger partial charge in [-0.15, -0.1) is 0 Å². The largest absolute Gasteiger partial charge is 0.469 e. The van der Waals surface area contributed by atoms with Crippen LogP contribution in [-0.2, 0) is 22.4 Å². The number of ether oxygens (including phenoxy) is 1. The van der Waals surface area contributed by atoms with E-state index in [4.69, 9.17) is 4.74 Å². The van der Waals surface area contributed by atoms with Crippen LogP contribution in [0.2, 0.25) is 0 Å². The van der Waals surface area contributed by atoms with Gasteiger partial charge in [-0.25, -0.2) is 0 Å². The van der Waals surface area contributed by atoms with Crippen LogP contribution in [0.1, 0.15) is 59.2 Å². The van der Waals surface area contributed by atoms with Gasteiger partial charge < -0.3 is 10.1 Å². The Hall–Kier alpha value is -3.15. The molecule has 1 aliphatic heterocycles. The van der Waals surface area contributed by atoms with Crippen LogP contribution in [0.5, 0.6) is 0 Å². The number of nitrogens with one attached hydrogen (secondary N) is 1. The van der Waals surface area contributed by atoms with Gasteiger partial charge in [0.15, 0.2) is 0 Å². The maximum atomic E-state index is 12.7. The first-order valence-electron chi connectivity index (χ1n) is 11.5. The number of carbonyl (C=O) groups excluding carboxylic acids is 2. The number of esters is 1. The molecule has 6 nitrogen and oxygen atoms in total. The molecule has 1 atom stereocenters. The molecule has 1 saturated heterocycles. The number of aryl methyl sites for hydroxylation is 1. The predicted octanol–water partition coefficient (Wildman–Crippen LogP) is 4.43. The van der Waals surface area contributed by atoms with Gasteiger partial charge in [-0.3, -0.25) is 14.6 Å². The molecule has 1 heterocycles. The van der Waals surface area contributed by atoms with Gasteiger partial charge in [-0.05, 0) is 85.4 Å². The number of carbonyl (C=O) groups is 2. The molecular weight excluding hydrogens is 402 g/mol. The van der Waals surface area contributed by atoms with Gasteiger partial charge in [0.05, 0.1) is 13.3 Å². The minimum absolute atomic E-state index is 0.121. The van der Waals surface area contributed by atoms with Crippen molar-refractivity contribution in [1.29, 1.82) is 0 Å². The number of piperidine rings is 1. The van der Waals surface area contributed by atoms with Gasteiger partial charge in [0.2, 0.25) is 0 Å². The quantitative estimate of drug-likeness (QED) is 0.541. The van der Waals surface area contributed by atoms with Crippen molar-refractivity contribution < 1.29 is 14.3 Å². The number of hydrogen-bond donors (Lipinski definition) is 1. The highest BCUT2D eigenvalue weighted by atomic mass is 16.5. The summed E-state index contributed by atoms with van der Waals surface area (Å²) >= 11 is 0. The molecule has 0 bridgehead atoms. The van der Waals surface area contributed by atoms with E-state index < -0.39 is 0 Å². The van der Waals surface area contributed by atoms with E-state index in [1.807, 2.05) is 36.5 Å². The van der Waals surface area contributed by atoms with Crippen LogP contribution in [0, 0.1) is 5.92 Å². The topological polar surface area (TPSA) is 71.0 Å². The molecule has 0 radical (unpaired) electrons. The fourth-order valence-electron chi connectivity index (χ4n) is 4.47. The summed E-state index contributed by atoms with van der Waals surface area (Å²) in [4.78, 5) is 24.3. The maximum Gasteiger partial charge on any atom is 0.305 e. The average molecular weight is 434 g/mol. The van der Waals surface area contributed by atoms with Crippen LogP contribution >= 0.6 is 0 Å². The first-order valence-corrected chi connectivity index (χ1v) is 11.5. The fourth-order valence-corrected chi connectivity index (χ4v) is 4.47. The predicted molar refractivity (Wildman–Crippen MR) is 126 cm³/mol. The highest BCUT2D eigenvalue weighted by Gasteiger charge is 2.22. The lowest BCUT2D eigenvalue weighted by Crippen LogP contribution is -2.24. The van der Waals surface area contributed by atoms with Crippen molar-refractivity contribution in [3.05, 3.63) is 64.7 Å². The Morgan fingerprint density at radius 1 is 1.09 bits per heavy atom. The molecule has 0 spiro atoms. The third kappa shape index (κ3) is 5.75. The molecule has 0 saturated carbocycles. The second-order valence-corrected chi connectivity index (χ2v) is 8.71. The zero-order valence-electron chi connectivity index (χ0n) is 18.7. The molecule has 1 aliphatic carbocycles. The van der Waals surface area contributed by atoms with Gasteiger partial charge >= 0.3 is 5.97 Å². The summed E-state index contributed by atoms with van der Waals surface area (Å²) in [6, 6.07) is 13.6. The van der Waals surface area contributed by atoms with Crippen LogP contribution in [0.25, 0.3) is 0 Å². The Morgan fingerprint density at radius 3 is 2.62 bits per heavy atom. The van der Waals surface area contributed by atoms with Crippen LogP contribution < -0.4 is 5.32 Å². The summed E-state index contributed by atoms with van der Waals surface area (Å²) in [7, 11) is 1.44. The van der Waals surface area contributed by atoms with E-state index in [0.717, 1.165) is 43.6 Å². The molecule has 2 aromatic carbocycles. The lowest BCUT2D eigenvalue weighted by Gasteiger charge is -2.24. The summed E-state index contributed by atoms with van der Waals surface area (Å²) in [6.07, 6.45) is 8.76. The molecule has 1 N–H and O–H groups in total. The van der Waals surface area contributed by atoms with Crippen molar-refractivity contribution in [1.82, 2.24) is 5.01 Å². The number of anilines is 1. The third-order valence-electron chi connectivity index (χ3n) is 6.35. The number of hydrogen-bond acceptors (Lipinski definition) is 5. The molecule has 32 heavy (non-hydrogen) atoms. The van der Waals surface area contributed by atoms with Gasteiger partial charge in [-0.1, -0.05) is 18.2 Å². The van der Waals surface area contributed by atoms with E-state index in [2.05, 4.69) is 27.6 Å². The number of rotatable bonds is 6. The first kappa shape index (κ1) is 22.1. The number of benzene rings is 2. The standard InChI is InChI=1S/C26H31N3O3/c1-32-25(30)16-20-7-10-23-17-24(12-11-22(23)15-20)28-26(31)21-8-5-19(6-9-21)18-27-29-13-3-2-4-14-29/h5-6,8-9,11-12,17-18,20H,2-4,7,10,13-16H2,1H3,(H,28,31)/b27-18+. The normalized spacial score (nSPS) is 18.3. The number of hydrazone groups is 1. The van der Waals surface area contributed by atoms with Gasteiger partial charge in [0.1, 0.15) is 0 Å². The van der Waals surface area contributed by atoms with Gasteiger partial charge in [0.25, 0.3) is 5.91 Å². The van der Waals surface area contributed by atoms with Crippen molar-refractivity contribution in [2.75, 3.05) is 25.5 Å². The molecule has 1 amide bonds. The number of amides is 1. The van der Waals surface area contributed by atoms with Gasteiger partial charge in [-0.2, -0.15) is 5.10 Å². The summed E-state index contributed by atoms with van der Waals surface area (Å²) in [5.74, 6) is 0.0577. The molecule has 4 rings (SSSR count). The summed E-state index contributed by atoms with van der Waals surface area (Å²) in [5, 5.41) is 9.66. The van der Waals surface area contributed by atoms with E-state index in [-0.39, 0.29) is 11.9 Å². The Bertz CT molecular complexity index is 978. The second kappa shape index (κ2) is 10.4. The minimum atomic E-state index is -0.147. The minimum Gasteiger partial charge on any atom is -0.469 e. The van der Waals surface area contributed by atoms with Crippen LogP contribution in [0.4, 0.5) is 5.69 Å².